The maximum absolute atomic E-state index is 3.67. The highest BCUT2D eigenvalue weighted by atomic mass is 15.2. The van der Waals surface area contributed by atoms with Crippen LogP contribution in [0.4, 0.5) is 0 Å². The Labute approximate surface area is 127 Å². The molecule has 20 heavy (non-hydrogen) atoms. The maximum atomic E-state index is 3.67. The zero-order chi connectivity index (χ0) is 15.3. The monoisotopic (exact) mass is 283 g/mol. The van der Waals surface area contributed by atoms with Gasteiger partial charge >= 0.3 is 0 Å². The highest BCUT2D eigenvalue weighted by Gasteiger charge is 2.29. The molecule has 3 heteroatoms. The molecule has 0 aliphatic carbocycles. The lowest BCUT2D eigenvalue weighted by Gasteiger charge is -2.32. The molecule has 0 aromatic carbocycles. The molecular formula is C17H37N3. The van der Waals surface area contributed by atoms with Crippen LogP contribution in [0.25, 0.3) is 0 Å². The Bertz CT molecular complexity index is 258. The Balaban J connectivity index is 2.45. The molecule has 2 atom stereocenters. The quantitative estimate of drug-likeness (QED) is 0.775. The van der Waals surface area contributed by atoms with E-state index in [4.69, 9.17) is 0 Å². The Hall–Kier alpha value is -0.120. The molecule has 2 unspecified atom stereocenters. The molecule has 3 nitrogen and oxygen atoms in total. The molecule has 1 fully saturated rings. The third kappa shape index (κ3) is 7.05. The molecule has 0 aromatic rings. The van der Waals surface area contributed by atoms with Gasteiger partial charge in [0.15, 0.2) is 0 Å². The van der Waals surface area contributed by atoms with E-state index in [-0.39, 0.29) is 5.54 Å². The second-order valence-electron chi connectivity index (χ2n) is 8.33. The van der Waals surface area contributed by atoms with Crippen molar-refractivity contribution in [2.75, 3.05) is 40.3 Å². The first-order valence-electron chi connectivity index (χ1n) is 8.31. The van der Waals surface area contributed by atoms with Crippen LogP contribution in [-0.4, -0.2) is 61.7 Å². The molecule has 0 spiro atoms. The minimum absolute atomic E-state index is 0.244. The van der Waals surface area contributed by atoms with Gasteiger partial charge in [-0.2, -0.15) is 0 Å². The molecule has 0 saturated carbocycles. The highest BCUT2D eigenvalue weighted by Crippen LogP contribution is 2.22. The van der Waals surface area contributed by atoms with Crippen molar-refractivity contribution >= 4 is 0 Å². The normalized spacial score (nSPS) is 22.9. The lowest BCUT2D eigenvalue weighted by Crippen LogP contribution is -2.43. The van der Waals surface area contributed by atoms with Crippen LogP contribution in [-0.2, 0) is 0 Å². The second-order valence-corrected chi connectivity index (χ2v) is 8.33. The van der Waals surface area contributed by atoms with Crippen molar-refractivity contribution in [2.45, 2.75) is 59.0 Å². The van der Waals surface area contributed by atoms with Crippen LogP contribution in [0.1, 0.15) is 47.5 Å². The summed E-state index contributed by atoms with van der Waals surface area (Å²) in [5, 5.41) is 3.67. The van der Waals surface area contributed by atoms with Crippen LogP contribution >= 0.6 is 0 Å². The van der Waals surface area contributed by atoms with Gasteiger partial charge in [-0.3, -0.25) is 4.90 Å². The molecule has 1 heterocycles. The summed E-state index contributed by atoms with van der Waals surface area (Å²) in [6.07, 6.45) is 2.67. The van der Waals surface area contributed by atoms with Crippen molar-refractivity contribution in [3.05, 3.63) is 0 Å². The van der Waals surface area contributed by atoms with Gasteiger partial charge in [-0.25, -0.2) is 0 Å². The van der Waals surface area contributed by atoms with Crippen LogP contribution in [0.15, 0.2) is 0 Å². The molecule has 120 valence electrons. The summed E-state index contributed by atoms with van der Waals surface area (Å²) in [7, 11) is 4.39. The van der Waals surface area contributed by atoms with E-state index in [1.807, 2.05) is 0 Å². The average Bonchev–Trinajstić information content (AvgIpc) is 2.71. The van der Waals surface area contributed by atoms with Crippen molar-refractivity contribution in [3.63, 3.8) is 0 Å². The van der Waals surface area contributed by atoms with E-state index in [1.54, 1.807) is 0 Å². The number of likely N-dealkylation sites (N-methyl/N-ethyl adjacent to an activating group) is 1. The van der Waals surface area contributed by atoms with Gasteiger partial charge in [0.25, 0.3) is 0 Å². The first-order chi connectivity index (χ1) is 9.17. The molecule has 1 rings (SSSR count). The van der Waals surface area contributed by atoms with E-state index in [0.29, 0.717) is 0 Å². The Morgan fingerprint density at radius 1 is 1.25 bits per heavy atom. The molecule has 0 amide bonds. The predicted molar refractivity (Wildman–Crippen MR) is 89.2 cm³/mol. The van der Waals surface area contributed by atoms with Gasteiger partial charge in [-0.1, -0.05) is 13.8 Å². The van der Waals surface area contributed by atoms with Gasteiger partial charge in [0.1, 0.15) is 0 Å². The highest BCUT2D eigenvalue weighted by molar-refractivity contribution is 4.85. The first-order valence-corrected chi connectivity index (χ1v) is 8.31. The van der Waals surface area contributed by atoms with Gasteiger partial charge in [0.2, 0.25) is 0 Å². The number of likely N-dealkylation sites (tertiary alicyclic amines) is 1. The summed E-state index contributed by atoms with van der Waals surface area (Å²) in [5.41, 5.74) is 0.244. The van der Waals surface area contributed by atoms with Gasteiger partial charge in [0, 0.05) is 24.7 Å². The molecule has 0 aromatic heterocycles. The standard InChI is InChI=1S/C17H37N3/c1-14(2)10-16(13-19(6)7)20-9-8-15(12-20)11-18-17(3,4)5/h14-16,18H,8-13H2,1-7H3. The summed E-state index contributed by atoms with van der Waals surface area (Å²) < 4.78 is 0. The largest absolute Gasteiger partial charge is 0.312 e. The SMILES string of the molecule is CC(C)CC(CN(C)C)N1CCC(CNC(C)(C)C)C1. The fourth-order valence-electron chi connectivity index (χ4n) is 3.12. The fraction of sp³-hybridized carbons (Fsp3) is 1.00. The van der Waals surface area contributed by atoms with E-state index < -0.39 is 0 Å². The molecule has 1 saturated heterocycles. The van der Waals surface area contributed by atoms with E-state index in [0.717, 1.165) is 24.4 Å². The molecule has 0 bridgehead atoms. The van der Waals surface area contributed by atoms with Crippen LogP contribution in [0.2, 0.25) is 0 Å². The van der Waals surface area contributed by atoms with Crippen molar-refractivity contribution in [1.82, 2.24) is 15.1 Å². The summed E-state index contributed by atoms with van der Waals surface area (Å²) in [6, 6.07) is 0.727. The minimum Gasteiger partial charge on any atom is -0.312 e. The zero-order valence-electron chi connectivity index (χ0n) is 14.9. The third-order valence-electron chi connectivity index (χ3n) is 4.07. The van der Waals surface area contributed by atoms with Crippen molar-refractivity contribution in [2.24, 2.45) is 11.8 Å². The maximum Gasteiger partial charge on any atom is 0.0225 e. The molecule has 1 aliphatic rings. The third-order valence-corrected chi connectivity index (χ3v) is 4.07. The number of hydrogen-bond acceptors (Lipinski definition) is 3. The number of rotatable bonds is 7. The topological polar surface area (TPSA) is 18.5 Å². The summed E-state index contributed by atoms with van der Waals surface area (Å²) in [4.78, 5) is 5.07. The lowest BCUT2D eigenvalue weighted by molar-refractivity contribution is 0.165. The Morgan fingerprint density at radius 2 is 1.90 bits per heavy atom. The summed E-state index contributed by atoms with van der Waals surface area (Å²) in [6.45, 7) is 16.4. The minimum atomic E-state index is 0.244. The fourth-order valence-corrected chi connectivity index (χ4v) is 3.12. The molecular weight excluding hydrogens is 246 g/mol. The molecule has 1 N–H and O–H groups in total. The van der Waals surface area contributed by atoms with E-state index >= 15 is 0 Å². The van der Waals surface area contributed by atoms with Gasteiger partial charge in [-0.05, 0) is 72.6 Å². The van der Waals surface area contributed by atoms with Crippen molar-refractivity contribution in [1.29, 1.82) is 0 Å². The number of nitrogens with zero attached hydrogens (tertiary/aromatic N) is 2. The van der Waals surface area contributed by atoms with Gasteiger partial charge in [-0.15, -0.1) is 0 Å². The smallest absolute Gasteiger partial charge is 0.0225 e. The predicted octanol–water partition coefficient (Wildman–Crippen LogP) is 2.67. The van der Waals surface area contributed by atoms with Crippen molar-refractivity contribution < 1.29 is 0 Å². The number of hydrogen-bond donors (Lipinski definition) is 1. The van der Waals surface area contributed by atoms with E-state index in [9.17, 15) is 0 Å². The summed E-state index contributed by atoms with van der Waals surface area (Å²) in [5.74, 6) is 1.61. The zero-order valence-corrected chi connectivity index (χ0v) is 14.9. The lowest BCUT2D eigenvalue weighted by atomic mass is 10.0. The number of nitrogens with one attached hydrogen (secondary N) is 1. The first kappa shape index (κ1) is 17.9. The van der Waals surface area contributed by atoms with Crippen LogP contribution < -0.4 is 5.32 Å². The second kappa shape index (κ2) is 7.77. The van der Waals surface area contributed by atoms with Crippen LogP contribution in [0.5, 0.6) is 0 Å². The summed E-state index contributed by atoms with van der Waals surface area (Å²) >= 11 is 0. The molecule has 0 radical (unpaired) electrons. The van der Waals surface area contributed by atoms with E-state index in [2.05, 4.69) is 63.8 Å². The Kier molecular flexibility index (Phi) is 6.96. The van der Waals surface area contributed by atoms with Crippen LogP contribution in [0.3, 0.4) is 0 Å². The Morgan fingerprint density at radius 3 is 2.40 bits per heavy atom. The molecule has 1 aliphatic heterocycles. The average molecular weight is 284 g/mol. The van der Waals surface area contributed by atoms with Gasteiger partial charge < -0.3 is 10.2 Å². The van der Waals surface area contributed by atoms with Gasteiger partial charge in [0.05, 0.1) is 0 Å². The van der Waals surface area contributed by atoms with Crippen molar-refractivity contribution in [3.8, 4) is 0 Å². The van der Waals surface area contributed by atoms with E-state index in [1.165, 1.54) is 32.5 Å². The van der Waals surface area contributed by atoms with Crippen LogP contribution in [0, 0.1) is 11.8 Å².